The third kappa shape index (κ3) is 2.11. The van der Waals surface area contributed by atoms with Gasteiger partial charge < -0.3 is 15.0 Å². The van der Waals surface area contributed by atoms with Gasteiger partial charge in [0.15, 0.2) is 0 Å². The third-order valence-corrected chi connectivity index (χ3v) is 2.78. The molecular weight excluding hydrogens is 216 g/mol. The van der Waals surface area contributed by atoms with Gasteiger partial charge in [0.2, 0.25) is 5.88 Å². The maximum Gasteiger partial charge on any atom is 0.230 e. The smallest absolute Gasteiger partial charge is 0.230 e. The molecule has 0 unspecified atom stereocenters. The Morgan fingerprint density at radius 3 is 2.59 bits per heavy atom. The molecule has 0 aliphatic carbocycles. The van der Waals surface area contributed by atoms with Gasteiger partial charge in [-0.2, -0.15) is 0 Å². The van der Waals surface area contributed by atoms with Crippen molar-refractivity contribution in [2.75, 3.05) is 12.8 Å². The van der Waals surface area contributed by atoms with Gasteiger partial charge in [0, 0.05) is 5.56 Å². The fourth-order valence-corrected chi connectivity index (χ4v) is 1.75. The molecule has 4 nitrogen and oxygen atoms in total. The summed E-state index contributed by atoms with van der Waals surface area (Å²) in [5.74, 6) is 1.52. The van der Waals surface area contributed by atoms with E-state index in [-0.39, 0.29) is 0 Å². The molecule has 0 saturated carbocycles. The van der Waals surface area contributed by atoms with Gasteiger partial charge in [-0.05, 0) is 23.6 Å². The number of ether oxygens (including phenoxy) is 1. The lowest BCUT2D eigenvalue weighted by Gasteiger charge is -2.11. The molecule has 1 heterocycles. The molecule has 0 spiro atoms. The molecule has 1 aromatic carbocycles. The number of methoxy groups -OCH3 is 1. The number of rotatable bonds is 3. The Kier molecular flexibility index (Phi) is 3.04. The van der Waals surface area contributed by atoms with E-state index in [0.717, 1.165) is 16.9 Å². The molecule has 0 amide bonds. The molecule has 90 valence electrons. The normalized spacial score (nSPS) is 10.8. The predicted molar refractivity (Wildman–Crippen MR) is 67.0 cm³/mol. The van der Waals surface area contributed by atoms with E-state index in [1.807, 2.05) is 6.07 Å². The van der Waals surface area contributed by atoms with Gasteiger partial charge in [0.25, 0.3) is 0 Å². The summed E-state index contributed by atoms with van der Waals surface area (Å²) in [5, 5.41) is 3.69. The number of anilines is 1. The fourth-order valence-electron chi connectivity index (χ4n) is 1.75. The van der Waals surface area contributed by atoms with Crippen LogP contribution in [0.2, 0.25) is 0 Å². The average molecular weight is 232 g/mol. The molecule has 0 radical (unpaired) electrons. The van der Waals surface area contributed by atoms with Crippen LogP contribution in [-0.4, -0.2) is 12.3 Å². The first-order valence-electron chi connectivity index (χ1n) is 5.52. The SMILES string of the molecule is COc1ccc(C(C)C)cc1-c1cnoc1N. The van der Waals surface area contributed by atoms with Crippen LogP contribution in [0.15, 0.2) is 28.9 Å². The summed E-state index contributed by atoms with van der Waals surface area (Å²) >= 11 is 0. The number of aromatic nitrogens is 1. The van der Waals surface area contributed by atoms with Gasteiger partial charge >= 0.3 is 0 Å². The molecular formula is C13H16N2O2. The maximum absolute atomic E-state index is 5.74. The van der Waals surface area contributed by atoms with Gasteiger partial charge in [-0.1, -0.05) is 25.1 Å². The van der Waals surface area contributed by atoms with Crippen LogP contribution in [0, 0.1) is 0 Å². The number of benzene rings is 1. The molecule has 0 atom stereocenters. The van der Waals surface area contributed by atoms with E-state index in [4.69, 9.17) is 15.0 Å². The van der Waals surface area contributed by atoms with Crippen LogP contribution in [0.3, 0.4) is 0 Å². The van der Waals surface area contributed by atoms with Gasteiger partial charge in [0.05, 0.1) is 18.9 Å². The van der Waals surface area contributed by atoms with E-state index in [9.17, 15) is 0 Å². The van der Waals surface area contributed by atoms with E-state index >= 15 is 0 Å². The van der Waals surface area contributed by atoms with Crippen LogP contribution in [0.25, 0.3) is 11.1 Å². The highest BCUT2D eigenvalue weighted by Crippen LogP contribution is 2.35. The first-order chi connectivity index (χ1) is 8.13. The zero-order valence-electron chi connectivity index (χ0n) is 10.2. The molecule has 2 N–H and O–H groups in total. The second kappa shape index (κ2) is 4.49. The van der Waals surface area contributed by atoms with Gasteiger partial charge in [0.1, 0.15) is 5.75 Å². The van der Waals surface area contributed by atoms with Crippen LogP contribution in [0.1, 0.15) is 25.3 Å². The first kappa shape index (κ1) is 11.5. The lowest BCUT2D eigenvalue weighted by atomic mass is 9.98. The van der Waals surface area contributed by atoms with Crippen molar-refractivity contribution in [3.8, 4) is 16.9 Å². The predicted octanol–water partition coefficient (Wildman–Crippen LogP) is 3.06. The lowest BCUT2D eigenvalue weighted by molar-refractivity contribution is 0.416. The standard InChI is InChI=1S/C13H16N2O2/c1-8(2)9-4-5-12(16-3)10(6-9)11-7-15-17-13(11)14/h4-8H,14H2,1-3H3. The summed E-state index contributed by atoms with van der Waals surface area (Å²) in [6.45, 7) is 4.28. The van der Waals surface area contributed by atoms with Crippen molar-refractivity contribution >= 4 is 5.88 Å². The van der Waals surface area contributed by atoms with Crippen molar-refractivity contribution in [3.63, 3.8) is 0 Å². The van der Waals surface area contributed by atoms with Crippen LogP contribution < -0.4 is 10.5 Å². The molecule has 2 rings (SSSR count). The highest BCUT2D eigenvalue weighted by Gasteiger charge is 2.14. The number of nitrogens with zero attached hydrogens (tertiary/aromatic N) is 1. The molecule has 2 aromatic rings. The number of hydrogen-bond acceptors (Lipinski definition) is 4. The monoisotopic (exact) mass is 232 g/mol. The van der Waals surface area contributed by atoms with Crippen LogP contribution in [0.4, 0.5) is 5.88 Å². The Morgan fingerprint density at radius 1 is 1.29 bits per heavy atom. The Hall–Kier alpha value is -1.97. The minimum Gasteiger partial charge on any atom is -0.496 e. The molecule has 0 bridgehead atoms. The Morgan fingerprint density at radius 2 is 2.06 bits per heavy atom. The van der Waals surface area contributed by atoms with Crippen molar-refractivity contribution in [2.45, 2.75) is 19.8 Å². The summed E-state index contributed by atoms with van der Waals surface area (Å²) in [7, 11) is 1.64. The summed E-state index contributed by atoms with van der Waals surface area (Å²) in [5.41, 5.74) is 8.64. The maximum atomic E-state index is 5.74. The average Bonchev–Trinajstić information content (AvgIpc) is 2.74. The Labute approximate surface area is 100 Å². The highest BCUT2D eigenvalue weighted by atomic mass is 16.5. The third-order valence-electron chi connectivity index (χ3n) is 2.78. The van der Waals surface area contributed by atoms with Gasteiger partial charge in [-0.15, -0.1) is 0 Å². The zero-order chi connectivity index (χ0) is 12.4. The van der Waals surface area contributed by atoms with Crippen LogP contribution >= 0.6 is 0 Å². The van der Waals surface area contributed by atoms with E-state index in [1.54, 1.807) is 13.3 Å². The number of nitrogens with two attached hydrogens (primary N) is 1. The second-order valence-corrected chi connectivity index (χ2v) is 4.22. The molecule has 17 heavy (non-hydrogen) atoms. The van der Waals surface area contributed by atoms with Crippen molar-refractivity contribution in [3.05, 3.63) is 30.0 Å². The largest absolute Gasteiger partial charge is 0.496 e. The van der Waals surface area contributed by atoms with E-state index < -0.39 is 0 Å². The zero-order valence-corrected chi connectivity index (χ0v) is 10.2. The molecule has 0 aliphatic heterocycles. The van der Waals surface area contributed by atoms with E-state index in [1.165, 1.54) is 5.56 Å². The molecule has 4 heteroatoms. The number of hydrogen-bond donors (Lipinski definition) is 1. The molecule has 0 fully saturated rings. The number of nitrogen functional groups attached to an aromatic ring is 1. The summed E-state index contributed by atoms with van der Waals surface area (Å²) < 4.78 is 10.2. The fraction of sp³-hybridized carbons (Fsp3) is 0.308. The summed E-state index contributed by atoms with van der Waals surface area (Å²) in [4.78, 5) is 0. The molecule has 0 saturated heterocycles. The quantitative estimate of drug-likeness (QED) is 0.883. The lowest BCUT2D eigenvalue weighted by Crippen LogP contribution is -1.94. The van der Waals surface area contributed by atoms with Crippen LogP contribution in [-0.2, 0) is 0 Å². The van der Waals surface area contributed by atoms with E-state index in [0.29, 0.717) is 11.8 Å². The van der Waals surface area contributed by atoms with Crippen LogP contribution in [0.5, 0.6) is 5.75 Å². The summed E-state index contributed by atoms with van der Waals surface area (Å²) in [6.07, 6.45) is 1.61. The Balaban J connectivity index is 2.57. The highest BCUT2D eigenvalue weighted by molar-refractivity contribution is 5.77. The Bertz CT molecular complexity index is 518. The van der Waals surface area contributed by atoms with Crippen molar-refractivity contribution < 1.29 is 9.26 Å². The van der Waals surface area contributed by atoms with Gasteiger partial charge in [-0.3, -0.25) is 0 Å². The van der Waals surface area contributed by atoms with Gasteiger partial charge in [-0.25, -0.2) is 0 Å². The topological polar surface area (TPSA) is 61.3 Å². The molecule has 0 aliphatic rings. The van der Waals surface area contributed by atoms with E-state index in [2.05, 4.69) is 31.1 Å². The second-order valence-electron chi connectivity index (χ2n) is 4.22. The first-order valence-corrected chi connectivity index (χ1v) is 5.52. The minimum absolute atomic E-state index is 0.309. The van der Waals surface area contributed by atoms with Crippen molar-refractivity contribution in [1.82, 2.24) is 5.16 Å². The molecule has 1 aromatic heterocycles. The summed E-state index contributed by atoms with van der Waals surface area (Å²) in [6, 6.07) is 6.06. The van der Waals surface area contributed by atoms with Crippen molar-refractivity contribution in [1.29, 1.82) is 0 Å². The van der Waals surface area contributed by atoms with Crippen molar-refractivity contribution in [2.24, 2.45) is 0 Å². The minimum atomic E-state index is 0.309.